The number of imide groups is 1. The fourth-order valence-electron chi connectivity index (χ4n) is 1.97. The molecule has 18 heavy (non-hydrogen) atoms. The lowest BCUT2D eigenvalue weighted by atomic mass is 9.98. The molecule has 0 aromatic carbocycles. The molecule has 3 heterocycles. The van der Waals surface area contributed by atoms with Crippen molar-refractivity contribution in [3.05, 3.63) is 24.5 Å². The molecule has 0 spiro atoms. The number of imidazole rings is 1. The molecule has 88 valence electrons. The van der Waals surface area contributed by atoms with Gasteiger partial charge in [-0.2, -0.15) is 0 Å². The third-order valence-electron chi connectivity index (χ3n) is 2.85. The van der Waals surface area contributed by atoms with E-state index in [1.807, 2.05) is 0 Å². The SMILES string of the molecule is [B]c1ccn2c(N3CCC(=O)NC3=O)cnc2c1. The molecule has 2 radical (unpaired) electrons. The van der Waals surface area contributed by atoms with Gasteiger partial charge in [0, 0.05) is 19.2 Å². The fraction of sp³-hybridized carbons (Fsp3) is 0.182. The number of carbonyl (C=O) groups excluding carboxylic acids is 2. The maximum atomic E-state index is 11.7. The van der Waals surface area contributed by atoms with Crippen molar-refractivity contribution >= 4 is 36.7 Å². The second-order valence-corrected chi connectivity index (χ2v) is 4.06. The van der Waals surface area contributed by atoms with Gasteiger partial charge < -0.3 is 0 Å². The lowest BCUT2D eigenvalue weighted by Crippen LogP contribution is -2.50. The van der Waals surface area contributed by atoms with Crippen molar-refractivity contribution in [1.82, 2.24) is 14.7 Å². The Labute approximate surface area is 104 Å². The van der Waals surface area contributed by atoms with Gasteiger partial charge in [0.2, 0.25) is 5.91 Å². The van der Waals surface area contributed by atoms with Crippen molar-refractivity contribution in [2.24, 2.45) is 0 Å². The molecule has 0 saturated carbocycles. The molecule has 2 aromatic rings. The zero-order valence-electron chi connectivity index (χ0n) is 9.46. The Bertz CT molecular complexity index is 652. The molecule has 1 aliphatic heterocycles. The molecule has 1 aliphatic rings. The molecule has 0 aliphatic carbocycles. The van der Waals surface area contributed by atoms with E-state index in [1.165, 1.54) is 4.90 Å². The number of pyridine rings is 1. The number of urea groups is 1. The molecule has 3 rings (SSSR count). The molecule has 0 bridgehead atoms. The van der Waals surface area contributed by atoms with Gasteiger partial charge in [0.25, 0.3) is 0 Å². The first-order valence-electron chi connectivity index (χ1n) is 5.49. The summed E-state index contributed by atoms with van der Waals surface area (Å²) >= 11 is 0. The molecule has 1 saturated heterocycles. The predicted octanol–water partition coefficient (Wildman–Crippen LogP) is -0.426. The summed E-state index contributed by atoms with van der Waals surface area (Å²) in [6.45, 7) is 0.350. The smallest absolute Gasteiger partial charge is 0.286 e. The van der Waals surface area contributed by atoms with Crippen molar-refractivity contribution in [1.29, 1.82) is 0 Å². The van der Waals surface area contributed by atoms with Gasteiger partial charge in [-0.05, 0) is 6.07 Å². The number of fused-ring (bicyclic) bond motifs is 1. The zero-order chi connectivity index (χ0) is 12.7. The molecule has 0 unspecified atom stereocenters. The van der Waals surface area contributed by atoms with Crippen LogP contribution in [-0.2, 0) is 4.79 Å². The van der Waals surface area contributed by atoms with Crippen LogP contribution in [0.5, 0.6) is 0 Å². The van der Waals surface area contributed by atoms with Crippen LogP contribution in [0, 0.1) is 0 Å². The van der Waals surface area contributed by atoms with Crippen LogP contribution in [0.4, 0.5) is 10.6 Å². The normalized spacial score (nSPS) is 16.1. The Balaban J connectivity index is 2.04. The summed E-state index contributed by atoms with van der Waals surface area (Å²) in [5.74, 6) is 0.365. The Hall–Kier alpha value is -2.31. The van der Waals surface area contributed by atoms with E-state index in [9.17, 15) is 9.59 Å². The lowest BCUT2D eigenvalue weighted by molar-refractivity contribution is -0.120. The van der Waals surface area contributed by atoms with E-state index in [4.69, 9.17) is 7.85 Å². The van der Waals surface area contributed by atoms with Crippen molar-refractivity contribution in [2.75, 3.05) is 11.4 Å². The van der Waals surface area contributed by atoms with Gasteiger partial charge in [0.05, 0.1) is 6.20 Å². The van der Waals surface area contributed by atoms with Crippen LogP contribution < -0.4 is 15.7 Å². The van der Waals surface area contributed by atoms with Crippen molar-refractivity contribution in [3.8, 4) is 0 Å². The molecular weight excluding hydrogens is 231 g/mol. The third-order valence-corrected chi connectivity index (χ3v) is 2.85. The summed E-state index contributed by atoms with van der Waals surface area (Å²) in [4.78, 5) is 28.5. The Morgan fingerprint density at radius 2 is 2.22 bits per heavy atom. The largest absolute Gasteiger partial charge is 0.329 e. The Kier molecular flexibility index (Phi) is 2.33. The number of amides is 3. The first-order chi connectivity index (χ1) is 8.65. The highest BCUT2D eigenvalue weighted by Crippen LogP contribution is 2.18. The number of carbonyl (C=O) groups is 2. The monoisotopic (exact) mass is 240 g/mol. The molecule has 1 fully saturated rings. The topological polar surface area (TPSA) is 66.7 Å². The molecule has 3 amide bonds. The highest BCUT2D eigenvalue weighted by Gasteiger charge is 2.26. The number of nitrogens with zero attached hydrogens (tertiary/aromatic N) is 3. The van der Waals surface area contributed by atoms with Crippen molar-refractivity contribution in [2.45, 2.75) is 6.42 Å². The summed E-state index contributed by atoms with van der Waals surface area (Å²) in [6.07, 6.45) is 3.62. The van der Waals surface area contributed by atoms with E-state index in [2.05, 4.69) is 10.3 Å². The maximum absolute atomic E-state index is 11.7. The van der Waals surface area contributed by atoms with Crippen LogP contribution >= 0.6 is 0 Å². The summed E-state index contributed by atoms with van der Waals surface area (Å²) in [7, 11) is 5.67. The average molecular weight is 240 g/mol. The summed E-state index contributed by atoms with van der Waals surface area (Å²) in [5, 5.41) is 2.28. The highest BCUT2D eigenvalue weighted by molar-refractivity contribution is 6.32. The molecular formula is C11H9BN4O2. The van der Waals surface area contributed by atoms with Gasteiger partial charge in [-0.25, -0.2) is 9.78 Å². The quantitative estimate of drug-likeness (QED) is 0.688. The minimum Gasteiger partial charge on any atom is -0.286 e. The van der Waals surface area contributed by atoms with Gasteiger partial charge in [-0.15, -0.1) is 0 Å². The van der Waals surface area contributed by atoms with Crippen LogP contribution in [0.15, 0.2) is 24.5 Å². The standard InChI is InChI=1S/C11H9BN4O2/c12-7-1-3-15-8(5-7)13-6-10(15)16-4-2-9(17)14-11(16)18/h1,3,5-6H,2,4H2,(H,14,17,18). The van der Waals surface area contributed by atoms with Gasteiger partial charge in [0.15, 0.2) is 0 Å². The van der Waals surface area contributed by atoms with Gasteiger partial charge in [-0.1, -0.05) is 11.5 Å². The average Bonchev–Trinajstić information content (AvgIpc) is 2.72. The highest BCUT2D eigenvalue weighted by atomic mass is 16.2. The van der Waals surface area contributed by atoms with E-state index in [0.717, 1.165) is 0 Å². The number of aromatic nitrogens is 2. The summed E-state index contributed by atoms with van der Waals surface area (Å²) in [6, 6.07) is 3.02. The molecule has 7 heteroatoms. The molecule has 0 atom stereocenters. The minimum absolute atomic E-state index is 0.255. The van der Waals surface area contributed by atoms with Gasteiger partial charge in [-0.3, -0.25) is 19.4 Å². The Morgan fingerprint density at radius 3 is 3.00 bits per heavy atom. The maximum Gasteiger partial charge on any atom is 0.329 e. The summed E-state index contributed by atoms with van der Waals surface area (Å²) in [5.41, 5.74) is 1.27. The third kappa shape index (κ3) is 1.64. The van der Waals surface area contributed by atoms with Crippen LogP contribution in [0.3, 0.4) is 0 Å². The number of hydrogen-bond donors (Lipinski definition) is 1. The lowest BCUT2D eigenvalue weighted by Gasteiger charge is -2.25. The van der Waals surface area contributed by atoms with E-state index < -0.39 is 6.03 Å². The van der Waals surface area contributed by atoms with Gasteiger partial charge in [0.1, 0.15) is 19.3 Å². The number of rotatable bonds is 1. The van der Waals surface area contributed by atoms with Crippen molar-refractivity contribution < 1.29 is 9.59 Å². The van der Waals surface area contributed by atoms with Gasteiger partial charge >= 0.3 is 6.03 Å². The van der Waals surface area contributed by atoms with E-state index >= 15 is 0 Å². The van der Waals surface area contributed by atoms with E-state index in [1.54, 1.807) is 28.9 Å². The number of anilines is 1. The van der Waals surface area contributed by atoms with Crippen LogP contribution in [0.25, 0.3) is 5.65 Å². The van der Waals surface area contributed by atoms with E-state index in [0.29, 0.717) is 23.5 Å². The van der Waals surface area contributed by atoms with Crippen LogP contribution in [-0.4, -0.2) is 35.7 Å². The predicted molar refractivity (Wildman–Crippen MR) is 66.1 cm³/mol. The van der Waals surface area contributed by atoms with Crippen LogP contribution in [0.1, 0.15) is 6.42 Å². The van der Waals surface area contributed by atoms with Crippen molar-refractivity contribution in [3.63, 3.8) is 0 Å². The Morgan fingerprint density at radius 1 is 1.39 bits per heavy atom. The van der Waals surface area contributed by atoms with Crippen LogP contribution in [0.2, 0.25) is 0 Å². The zero-order valence-corrected chi connectivity index (χ0v) is 9.46. The summed E-state index contributed by atoms with van der Waals surface area (Å²) < 4.78 is 1.76. The first-order valence-corrected chi connectivity index (χ1v) is 5.49. The van der Waals surface area contributed by atoms with E-state index in [-0.39, 0.29) is 12.3 Å². The number of hydrogen-bond acceptors (Lipinski definition) is 3. The number of nitrogens with one attached hydrogen (secondary N) is 1. The second kappa shape index (κ2) is 3.87. The molecule has 6 nitrogen and oxygen atoms in total. The molecule has 1 N–H and O–H groups in total. The minimum atomic E-state index is -0.426. The first kappa shape index (κ1) is 10.8. The molecule has 2 aromatic heterocycles. The fourth-order valence-corrected chi connectivity index (χ4v) is 1.97. The second-order valence-electron chi connectivity index (χ2n) is 4.06.